The zero-order chi connectivity index (χ0) is 14.3. The van der Waals surface area contributed by atoms with Gasteiger partial charge in [0.05, 0.1) is 0 Å². The molecule has 0 heterocycles. The van der Waals surface area contributed by atoms with Gasteiger partial charge in [-0.05, 0) is 50.0 Å². The summed E-state index contributed by atoms with van der Waals surface area (Å²) < 4.78 is 37.3. The first kappa shape index (κ1) is 16.9. The summed E-state index contributed by atoms with van der Waals surface area (Å²) in [5.74, 6) is 0.341. The van der Waals surface area contributed by atoms with E-state index in [1.807, 2.05) is 31.3 Å². The van der Waals surface area contributed by atoms with E-state index < -0.39 is 5.51 Å². The Morgan fingerprint density at radius 3 is 2.42 bits per heavy atom. The second kappa shape index (κ2) is 8.17. The van der Waals surface area contributed by atoms with Crippen LogP contribution in [0.4, 0.5) is 13.2 Å². The molecule has 0 bridgehead atoms. The third-order valence-electron chi connectivity index (χ3n) is 2.72. The standard InChI is InChI=1S/C13H17BrF3NS/c1-18-9-11(6-7-19-13(15,16)17)8-10-2-4-12(14)5-3-10/h2-5,11,18H,6-9H2,1H3. The Hall–Kier alpha value is -0.200. The number of nitrogens with one attached hydrogen (secondary N) is 1. The first-order valence-electron chi connectivity index (χ1n) is 6.00. The first-order valence-corrected chi connectivity index (χ1v) is 7.78. The molecular weight excluding hydrogens is 339 g/mol. The highest BCUT2D eigenvalue weighted by Gasteiger charge is 2.28. The van der Waals surface area contributed by atoms with Gasteiger partial charge in [-0.2, -0.15) is 13.2 Å². The van der Waals surface area contributed by atoms with Gasteiger partial charge in [0.2, 0.25) is 0 Å². The molecule has 1 nitrogen and oxygen atoms in total. The smallest absolute Gasteiger partial charge is 0.319 e. The van der Waals surface area contributed by atoms with E-state index in [4.69, 9.17) is 0 Å². The van der Waals surface area contributed by atoms with E-state index in [9.17, 15) is 13.2 Å². The molecule has 0 radical (unpaired) electrons. The van der Waals surface area contributed by atoms with Crippen LogP contribution in [0.15, 0.2) is 28.7 Å². The molecule has 1 atom stereocenters. The van der Waals surface area contributed by atoms with E-state index in [0.717, 1.165) is 23.0 Å². The Labute approximate surface area is 124 Å². The molecule has 0 spiro atoms. The molecule has 1 aromatic carbocycles. The predicted octanol–water partition coefficient (Wildman–Crippen LogP) is 4.47. The average molecular weight is 356 g/mol. The summed E-state index contributed by atoms with van der Waals surface area (Å²) >= 11 is 3.43. The van der Waals surface area contributed by atoms with Gasteiger partial charge in [0.15, 0.2) is 0 Å². The fourth-order valence-corrected chi connectivity index (χ4v) is 2.81. The molecule has 1 aromatic rings. The van der Waals surface area contributed by atoms with Gasteiger partial charge in [-0.15, -0.1) is 0 Å². The van der Waals surface area contributed by atoms with Gasteiger partial charge in [0.1, 0.15) is 0 Å². The maximum absolute atomic E-state index is 12.1. The minimum Gasteiger partial charge on any atom is -0.319 e. The lowest BCUT2D eigenvalue weighted by atomic mass is 9.97. The summed E-state index contributed by atoms with van der Waals surface area (Å²) in [6.45, 7) is 0.731. The van der Waals surface area contributed by atoms with Crippen molar-refractivity contribution in [3.05, 3.63) is 34.3 Å². The van der Waals surface area contributed by atoms with Crippen molar-refractivity contribution in [3.8, 4) is 0 Å². The summed E-state index contributed by atoms with van der Waals surface area (Å²) in [6.07, 6.45) is 1.35. The van der Waals surface area contributed by atoms with Crippen LogP contribution in [-0.4, -0.2) is 24.9 Å². The number of halogens is 4. The highest BCUT2D eigenvalue weighted by molar-refractivity contribution is 9.10. The topological polar surface area (TPSA) is 12.0 Å². The largest absolute Gasteiger partial charge is 0.441 e. The Morgan fingerprint density at radius 1 is 1.26 bits per heavy atom. The Kier molecular flexibility index (Phi) is 7.25. The zero-order valence-corrected chi connectivity index (χ0v) is 13.0. The quantitative estimate of drug-likeness (QED) is 0.774. The lowest BCUT2D eigenvalue weighted by Crippen LogP contribution is -2.22. The Balaban J connectivity index is 2.45. The number of alkyl halides is 3. The minimum absolute atomic E-state index is 0.0655. The van der Waals surface area contributed by atoms with Crippen molar-refractivity contribution < 1.29 is 13.2 Å². The number of hydrogen-bond donors (Lipinski definition) is 1. The van der Waals surface area contributed by atoms with Crippen molar-refractivity contribution in [3.63, 3.8) is 0 Å². The zero-order valence-electron chi connectivity index (χ0n) is 10.6. The van der Waals surface area contributed by atoms with Gasteiger partial charge in [0.25, 0.3) is 0 Å². The van der Waals surface area contributed by atoms with E-state index >= 15 is 0 Å². The Bertz CT molecular complexity index is 367. The number of rotatable bonds is 7. The maximum atomic E-state index is 12.1. The third-order valence-corrected chi connectivity index (χ3v) is 4.02. The van der Waals surface area contributed by atoms with Crippen LogP contribution < -0.4 is 5.32 Å². The van der Waals surface area contributed by atoms with E-state index in [2.05, 4.69) is 21.2 Å². The van der Waals surface area contributed by atoms with Gasteiger partial charge in [-0.25, -0.2) is 0 Å². The van der Waals surface area contributed by atoms with Crippen LogP contribution in [0.25, 0.3) is 0 Å². The number of benzene rings is 1. The van der Waals surface area contributed by atoms with Crippen LogP contribution in [0.2, 0.25) is 0 Å². The van der Waals surface area contributed by atoms with Gasteiger partial charge >= 0.3 is 5.51 Å². The van der Waals surface area contributed by atoms with Crippen LogP contribution >= 0.6 is 27.7 Å². The van der Waals surface area contributed by atoms with E-state index in [1.54, 1.807) is 0 Å². The summed E-state index contributed by atoms with van der Waals surface area (Å²) in [7, 11) is 1.82. The lowest BCUT2D eigenvalue weighted by molar-refractivity contribution is -0.0328. The average Bonchev–Trinajstić information content (AvgIpc) is 2.30. The van der Waals surface area contributed by atoms with Gasteiger partial charge in [0, 0.05) is 10.2 Å². The molecule has 0 saturated heterocycles. The molecule has 0 saturated carbocycles. The van der Waals surface area contributed by atoms with Gasteiger partial charge in [-0.3, -0.25) is 0 Å². The van der Waals surface area contributed by atoms with E-state index in [1.165, 1.54) is 0 Å². The maximum Gasteiger partial charge on any atom is 0.441 e. The molecular formula is C13H17BrF3NS. The molecule has 0 aliphatic rings. The molecule has 0 aromatic heterocycles. The van der Waals surface area contributed by atoms with Crippen molar-refractivity contribution in [1.82, 2.24) is 5.32 Å². The van der Waals surface area contributed by atoms with Gasteiger partial charge in [-0.1, -0.05) is 39.8 Å². The first-order chi connectivity index (χ1) is 8.90. The van der Waals surface area contributed by atoms with Crippen LogP contribution in [0, 0.1) is 5.92 Å². The summed E-state index contributed by atoms with van der Waals surface area (Å²) in [5.41, 5.74) is -2.97. The molecule has 0 amide bonds. The lowest BCUT2D eigenvalue weighted by Gasteiger charge is -2.17. The third kappa shape index (κ3) is 7.84. The van der Waals surface area contributed by atoms with Crippen LogP contribution in [0.1, 0.15) is 12.0 Å². The van der Waals surface area contributed by atoms with Crippen molar-refractivity contribution in [2.45, 2.75) is 18.3 Å². The van der Waals surface area contributed by atoms with Crippen LogP contribution in [0.5, 0.6) is 0 Å². The molecule has 0 aliphatic heterocycles. The number of thioether (sulfide) groups is 1. The monoisotopic (exact) mass is 355 g/mol. The fourth-order valence-electron chi connectivity index (χ4n) is 1.86. The van der Waals surface area contributed by atoms with Crippen molar-refractivity contribution in [2.24, 2.45) is 5.92 Å². The molecule has 6 heteroatoms. The summed E-state index contributed by atoms with van der Waals surface area (Å²) in [4.78, 5) is 0. The highest BCUT2D eigenvalue weighted by Crippen LogP contribution is 2.31. The normalized spacial score (nSPS) is 13.5. The minimum atomic E-state index is -4.12. The summed E-state index contributed by atoms with van der Waals surface area (Å²) in [5, 5.41) is 3.05. The SMILES string of the molecule is CNCC(CCSC(F)(F)F)Cc1ccc(Br)cc1. The molecule has 108 valence electrons. The molecule has 1 rings (SSSR count). The Morgan fingerprint density at radius 2 is 1.89 bits per heavy atom. The molecule has 0 aliphatic carbocycles. The fraction of sp³-hybridized carbons (Fsp3) is 0.538. The highest BCUT2D eigenvalue weighted by atomic mass is 79.9. The van der Waals surface area contributed by atoms with Gasteiger partial charge < -0.3 is 5.32 Å². The van der Waals surface area contributed by atoms with E-state index in [0.29, 0.717) is 6.42 Å². The number of hydrogen-bond acceptors (Lipinski definition) is 2. The second-order valence-corrected chi connectivity index (χ2v) is 6.41. The van der Waals surface area contributed by atoms with Crippen molar-refractivity contribution in [1.29, 1.82) is 0 Å². The molecule has 19 heavy (non-hydrogen) atoms. The summed E-state index contributed by atoms with van der Waals surface area (Å²) in [6, 6.07) is 7.92. The predicted molar refractivity (Wildman–Crippen MR) is 78.4 cm³/mol. The van der Waals surface area contributed by atoms with Crippen LogP contribution in [0.3, 0.4) is 0 Å². The molecule has 0 fully saturated rings. The molecule has 1 N–H and O–H groups in total. The van der Waals surface area contributed by atoms with Crippen molar-refractivity contribution in [2.75, 3.05) is 19.3 Å². The molecule has 1 unspecified atom stereocenters. The second-order valence-electron chi connectivity index (χ2n) is 4.34. The van der Waals surface area contributed by atoms with Crippen LogP contribution in [-0.2, 0) is 6.42 Å². The van der Waals surface area contributed by atoms with E-state index in [-0.39, 0.29) is 23.4 Å². The van der Waals surface area contributed by atoms with Crippen molar-refractivity contribution >= 4 is 27.7 Å².